The van der Waals surface area contributed by atoms with Crippen molar-refractivity contribution in [2.45, 2.75) is 183 Å². The van der Waals surface area contributed by atoms with Crippen LogP contribution in [-0.4, -0.2) is 147 Å². The largest absolute Gasteiger partial charge is 0.391 e. The van der Waals surface area contributed by atoms with Crippen LogP contribution < -0.4 is 29.4 Å². The van der Waals surface area contributed by atoms with E-state index in [2.05, 4.69) is 155 Å². The smallest absolute Gasteiger partial charge is 0.170 e. The Labute approximate surface area is 611 Å². The number of aliphatic hydroxyl groups is 3. The van der Waals surface area contributed by atoms with Crippen LogP contribution in [0.5, 0.6) is 0 Å². The molecule has 4 aromatic heterocycles. The van der Waals surface area contributed by atoms with Crippen LogP contribution in [0.4, 0.5) is 47.8 Å². The summed E-state index contributed by atoms with van der Waals surface area (Å²) >= 11 is 13.5. The first kappa shape index (κ1) is 69.7. The SMILES string of the molecule is Cc1ccccc1C1CCN(c2nc(C3(F)CC3)nc3c(Cl)cc(N4CC[C@@H](O)C4)cc23)CC1.Cc1ccccc1C1CCN(c2nc(C3(F)CCC3)nc3c(Cl)cc(N4CC[C@@H](O)C4)cc23)CC1.Cc1ccccc1C1CCN(c2nc(C3(F)CCC3)nc3cnc(N4CC[C@@H](O)C4)cc23)CC1. The van der Waals surface area contributed by atoms with Crippen LogP contribution in [0.15, 0.2) is 109 Å². The molecule has 9 fully saturated rings. The summed E-state index contributed by atoms with van der Waals surface area (Å²) in [5, 5.41) is 33.7. The van der Waals surface area contributed by atoms with Gasteiger partial charge in [0.2, 0.25) is 0 Å². The number of anilines is 6. The summed E-state index contributed by atoms with van der Waals surface area (Å²) in [5.41, 5.74) is 7.89. The molecule has 0 spiro atoms. The summed E-state index contributed by atoms with van der Waals surface area (Å²) < 4.78 is 46.0. The van der Waals surface area contributed by atoms with Gasteiger partial charge in [-0.2, -0.15) is 0 Å². The van der Waals surface area contributed by atoms with Crippen LogP contribution in [0.3, 0.4) is 0 Å². The predicted octanol–water partition coefficient (Wildman–Crippen LogP) is 16.0. The third-order valence-electron chi connectivity index (χ3n) is 24.0. The van der Waals surface area contributed by atoms with Gasteiger partial charge in [-0.3, -0.25) is 0 Å². The van der Waals surface area contributed by atoms with E-state index in [9.17, 15) is 15.3 Å². The summed E-state index contributed by atoms with van der Waals surface area (Å²) in [4.78, 5) is 46.4. The highest BCUT2D eigenvalue weighted by atomic mass is 35.5. The highest BCUT2D eigenvalue weighted by molar-refractivity contribution is 6.36. The predicted molar refractivity (Wildman–Crippen MR) is 406 cm³/mol. The Morgan fingerprint density at radius 3 is 1.07 bits per heavy atom. The number of aromatic nitrogens is 7. The summed E-state index contributed by atoms with van der Waals surface area (Å²) in [5.74, 6) is 5.67. The standard InChI is InChI=1S/C28H32ClFN4O.C27H30ClFN4O.C27H32FN5O/c1-18-5-2-3-6-22(18)19-7-12-33(13-8-19)26-23-15-20(34-14-9-21(35)17-34)16-24(29)25(23)31-27(32-26)28(30)10-4-11-28;1-17-4-2-3-5-21(17)18-6-11-32(12-7-18)25-22-14-19(33-13-8-20(34)16-33)15-23(28)24(22)30-26(31-25)27(29)9-10-27;1-18-5-2-3-6-21(18)19-7-12-32(13-8-19)25-22-15-24(33-14-9-20(34)17-33)29-16-23(22)30-26(31-25)27(28)10-4-11-27/h2-3,5-6,15-16,19,21,35H,4,7-14,17H2,1H3;2-5,14-15,18,20,34H,6-13,16H2,1H3;2-3,5-6,15-16,19-20,34H,4,7-14,17H2,1H3/t21-;2*20-/m111/s1. The molecule has 3 atom stereocenters. The van der Waals surface area contributed by atoms with Gasteiger partial charge < -0.3 is 44.7 Å². The van der Waals surface area contributed by atoms with Crippen LogP contribution in [0.1, 0.15) is 178 Å². The maximum absolute atomic E-state index is 15.5. The molecule has 18 rings (SSSR count). The van der Waals surface area contributed by atoms with E-state index < -0.39 is 17.0 Å². The van der Waals surface area contributed by atoms with Crippen molar-refractivity contribution in [3.05, 3.63) is 170 Å². The number of benzene rings is 5. The molecule has 9 aliphatic rings. The third kappa shape index (κ3) is 14.2. The maximum atomic E-state index is 15.5. The number of fused-ring (bicyclic) bond motifs is 3. The van der Waals surface area contributed by atoms with Crippen molar-refractivity contribution in [3.8, 4) is 0 Å². The minimum Gasteiger partial charge on any atom is -0.391 e. The fraction of sp³-hybridized carbons (Fsp3) is 0.500. The molecular formula is C82H94Cl2F3N13O3. The van der Waals surface area contributed by atoms with Crippen molar-refractivity contribution in [2.75, 3.05) is 108 Å². The van der Waals surface area contributed by atoms with E-state index in [1.807, 2.05) is 18.2 Å². The summed E-state index contributed by atoms with van der Waals surface area (Å²) in [6.07, 6.45) is 13.8. The lowest BCUT2D eigenvalue weighted by Gasteiger charge is -2.36. The Balaban J connectivity index is 0.000000119. The van der Waals surface area contributed by atoms with Crippen LogP contribution in [0.25, 0.3) is 32.7 Å². The van der Waals surface area contributed by atoms with E-state index in [4.69, 9.17) is 38.2 Å². The Morgan fingerprint density at radius 2 is 0.728 bits per heavy atom. The molecule has 3 aliphatic carbocycles. The number of halogens is 5. The average molecular weight is 1440 g/mol. The molecule has 0 bridgehead atoms. The van der Waals surface area contributed by atoms with Crippen LogP contribution in [-0.2, 0) is 17.0 Å². The number of pyridine rings is 1. The minimum atomic E-state index is -1.45. The van der Waals surface area contributed by atoms with Gasteiger partial charge in [-0.05, 0) is 211 Å². The van der Waals surface area contributed by atoms with E-state index in [0.29, 0.717) is 108 Å². The minimum absolute atomic E-state index is 0.266. The Kier molecular flexibility index (Phi) is 19.4. The topological polar surface area (TPSA) is 170 Å². The van der Waals surface area contributed by atoms with E-state index >= 15 is 13.2 Å². The molecule has 10 heterocycles. The van der Waals surface area contributed by atoms with Gasteiger partial charge in [-0.15, -0.1) is 0 Å². The molecule has 9 aromatic rings. The second-order valence-corrected chi connectivity index (χ2v) is 31.8. The molecule has 0 unspecified atom stereocenters. The molecule has 21 heteroatoms. The van der Waals surface area contributed by atoms with Gasteiger partial charge in [-0.25, -0.2) is 48.1 Å². The molecule has 103 heavy (non-hydrogen) atoms. The summed E-state index contributed by atoms with van der Waals surface area (Å²) in [6.45, 7) is 15.8. The molecule has 0 amide bonds. The van der Waals surface area contributed by atoms with Gasteiger partial charge in [0.05, 0.1) is 51.1 Å². The number of aryl methyl sites for hydroxylation is 3. The van der Waals surface area contributed by atoms with Gasteiger partial charge in [0.15, 0.2) is 34.5 Å². The number of rotatable bonds is 12. The normalized spacial score (nSPS) is 22.7. The Bertz CT molecular complexity index is 4610. The zero-order chi connectivity index (χ0) is 70.9. The number of alkyl halides is 3. The fourth-order valence-corrected chi connectivity index (χ4v) is 17.7. The molecule has 6 aliphatic heterocycles. The van der Waals surface area contributed by atoms with Crippen molar-refractivity contribution >= 4 is 90.6 Å². The van der Waals surface area contributed by atoms with E-state index in [-0.39, 0.29) is 30.0 Å². The molecule has 16 nitrogen and oxygen atoms in total. The van der Waals surface area contributed by atoms with E-state index in [1.54, 1.807) is 6.20 Å². The lowest BCUT2D eigenvalue weighted by molar-refractivity contribution is 0.0510. The van der Waals surface area contributed by atoms with Gasteiger partial charge in [0.25, 0.3) is 0 Å². The highest BCUT2D eigenvalue weighted by Gasteiger charge is 2.49. The molecule has 0 radical (unpaired) electrons. The van der Waals surface area contributed by atoms with Gasteiger partial charge in [0.1, 0.15) is 23.3 Å². The van der Waals surface area contributed by atoms with Crippen LogP contribution in [0, 0.1) is 20.8 Å². The van der Waals surface area contributed by atoms with Crippen molar-refractivity contribution < 1.29 is 28.5 Å². The molecule has 3 N–H and O–H groups in total. The van der Waals surface area contributed by atoms with Crippen molar-refractivity contribution in [3.63, 3.8) is 0 Å². The quantitative estimate of drug-likeness (QED) is 0.105. The van der Waals surface area contributed by atoms with Crippen molar-refractivity contribution in [1.29, 1.82) is 0 Å². The average Bonchev–Trinajstić information content (AvgIpc) is 1.68. The molecular weight excluding hydrogens is 1340 g/mol. The summed E-state index contributed by atoms with van der Waals surface area (Å²) in [6, 6.07) is 35.9. The van der Waals surface area contributed by atoms with Crippen LogP contribution >= 0.6 is 23.2 Å². The van der Waals surface area contributed by atoms with Gasteiger partial charge in [0, 0.05) is 106 Å². The van der Waals surface area contributed by atoms with E-state index in [1.165, 1.54) is 33.4 Å². The lowest BCUT2D eigenvalue weighted by Crippen LogP contribution is -2.36. The molecule has 6 saturated heterocycles. The fourth-order valence-electron chi connectivity index (χ4n) is 17.2. The van der Waals surface area contributed by atoms with Crippen molar-refractivity contribution in [2.24, 2.45) is 0 Å². The van der Waals surface area contributed by atoms with Gasteiger partial charge >= 0.3 is 0 Å². The second kappa shape index (κ2) is 28.7. The molecule has 3 saturated carbocycles. The number of piperidine rings is 3. The number of aliphatic hydroxyl groups excluding tert-OH is 3. The van der Waals surface area contributed by atoms with E-state index in [0.717, 1.165) is 180 Å². The number of hydrogen-bond donors (Lipinski definition) is 3. The first-order chi connectivity index (χ1) is 49.8. The zero-order valence-electron chi connectivity index (χ0n) is 59.4. The lowest BCUT2D eigenvalue weighted by atomic mass is 9.81. The van der Waals surface area contributed by atoms with Crippen molar-refractivity contribution in [1.82, 2.24) is 34.9 Å². The highest BCUT2D eigenvalue weighted by Crippen LogP contribution is 2.51. The first-order valence-electron chi connectivity index (χ1n) is 37.8. The Morgan fingerprint density at radius 1 is 0.388 bits per heavy atom. The molecule has 540 valence electrons. The number of β-amino-alcohol motifs (C(OH)–C–C–N with tert-alkyl or cyclic N) is 3. The Hall–Kier alpha value is -7.68. The second-order valence-electron chi connectivity index (χ2n) is 30.9. The van der Waals surface area contributed by atoms with Gasteiger partial charge in [-0.1, -0.05) is 96.0 Å². The number of nitrogens with zero attached hydrogens (tertiary/aromatic N) is 13. The zero-order valence-corrected chi connectivity index (χ0v) is 60.9. The maximum Gasteiger partial charge on any atom is 0.170 e. The monoisotopic (exact) mass is 1440 g/mol. The third-order valence-corrected chi connectivity index (χ3v) is 24.6. The summed E-state index contributed by atoms with van der Waals surface area (Å²) in [7, 11) is 0. The van der Waals surface area contributed by atoms with Crippen LogP contribution in [0.2, 0.25) is 10.0 Å². The first-order valence-corrected chi connectivity index (χ1v) is 38.6. The number of hydrogen-bond acceptors (Lipinski definition) is 16. The molecule has 5 aromatic carbocycles.